The lowest BCUT2D eigenvalue weighted by atomic mass is 9.54. The van der Waals surface area contributed by atoms with Crippen LogP contribution in [0.3, 0.4) is 0 Å². The van der Waals surface area contributed by atoms with Gasteiger partial charge in [-0.25, -0.2) is 0 Å². The minimum atomic E-state index is 0.306. The summed E-state index contributed by atoms with van der Waals surface area (Å²) < 4.78 is 0. The molecular formula is C15H23N. The van der Waals surface area contributed by atoms with Gasteiger partial charge in [0.15, 0.2) is 0 Å². The van der Waals surface area contributed by atoms with E-state index in [1.807, 2.05) is 0 Å². The van der Waals surface area contributed by atoms with Crippen molar-refractivity contribution in [1.29, 1.82) is 0 Å². The largest absolute Gasteiger partial charge is 0.327 e. The molecule has 3 atom stereocenters. The quantitative estimate of drug-likeness (QED) is 0.805. The zero-order valence-electron chi connectivity index (χ0n) is 10.9. The first-order chi connectivity index (χ1) is 7.47. The summed E-state index contributed by atoms with van der Waals surface area (Å²) in [6, 6.07) is 7.28. The molecule has 1 aliphatic carbocycles. The first-order valence-electron chi connectivity index (χ1n) is 6.31. The van der Waals surface area contributed by atoms with Crippen LogP contribution in [-0.4, -0.2) is 6.04 Å². The number of hydrogen-bond donors (Lipinski definition) is 1. The lowest BCUT2D eigenvalue weighted by Gasteiger charge is -2.53. The van der Waals surface area contributed by atoms with E-state index in [1.165, 1.54) is 23.1 Å². The molecule has 0 aromatic heterocycles. The Hall–Kier alpha value is -0.820. The van der Waals surface area contributed by atoms with E-state index in [1.54, 1.807) is 0 Å². The SMILES string of the molecule is CCC1(C)C(N)CC1c1cc(C)cc(C)c1. The van der Waals surface area contributed by atoms with Crippen LogP contribution >= 0.6 is 0 Å². The number of aryl methyl sites for hydroxylation is 2. The zero-order valence-corrected chi connectivity index (χ0v) is 10.9. The third kappa shape index (κ3) is 1.67. The highest BCUT2D eigenvalue weighted by molar-refractivity contribution is 5.34. The van der Waals surface area contributed by atoms with Crippen LogP contribution in [0.4, 0.5) is 0 Å². The van der Waals surface area contributed by atoms with Crippen LogP contribution in [-0.2, 0) is 0 Å². The molecule has 1 aliphatic rings. The van der Waals surface area contributed by atoms with E-state index < -0.39 is 0 Å². The molecule has 0 bridgehead atoms. The number of nitrogens with two attached hydrogens (primary N) is 1. The smallest absolute Gasteiger partial charge is 0.0105 e. The number of hydrogen-bond acceptors (Lipinski definition) is 1. The Morgan fingerprint density at radius 1 is 1.25 bits per heavy atom. The van der Waals surface area contributed by atoms with Crippen molar-refractivity contribution in [2.75, 3.05) is 0 Å². The fourth-order valence-corrected chi connectivity index (χ4v) is 3.13. The molecule has 16 heavy (non-hydrogen) atoms. The molecule has 0 saturated heterocycles. The molecular weight excluding hydrogens is 194 g/mol. The highest BCUT2D eigenvalue weighted by atomic mass is 14.8. The van der Waals surface area contributed by atoms with E-state index >= 15 is 0 Å². The second-order valence-electron chi connectivity index (χ2n) is 5.68. The lowest BCUT2D eigenvalue weighted by molar-refractivity contribution is 0.0705. The van der Waals surface area contributed by atoms with Gasteiger partial charge in [-0.15, -0.1) is 0 Å². The predicted octanol–water partition coefficient (Wildman–Crippen LogP) is 3.53. The average Bonchev–Trinajstić information content (AvgIpc) is 2.23. The summed E-state index contributed by atoms with van der Waals surface area (Å²) in [5.41, 5.74) is 10.7. The molecule has 1 saturated carbocycles. The van der Waals surface area contributed by atoms with Crippen molar-refractivity contribution < 1.29 is 0 Å². The van der Waals surface area contributed by atoms with Crippen molar-refractivity contribution in [2.24, 2.45) is 11.1 Å². The van der Waals surface area contributed by atoms with E-state index in [-0.39, 0.29) is 0 Å². The molecule has 1 nitrogen and oxygen atoms in total. The van der Waals surface area contributed by atoms with Crippen molar-refractivity contribution in [3.05, 3.63) is 34.9 Å². The van der Waals surface area contributed by atoms with Crippen molar-refractivity contribution in [2.45, 2.75) is 52.5 Å². The molecule has 1 heteroatoms. The Balaban J connectivity index is 2.32. The maximum atomic E-state index is 6.17. The van der Waals surface area contributed by atoms with Gasteiger partial charge in [-0.05, 0) is 43.6 Å². The maximum Gasteiger partial charge on any atom is 0.0105 e. The summed E-state index contributed by atoms with van der Waals surface area (Å²) in [4.78, 5) is 0. The van der Waals surface area contributed by atoms with E-state index in [9.17, 15) is 0 Å². The summed E-state index contributed by atoms with van der Waals surface area (Å²) in [7, 11) is 0. The van der Waals surface area contributed by atoms with Gasteiger partial charge in [0, 0.05) is 6.04 Å². The molecule has 0 heterocycles. The van der Waals surface area contributed by atoms with Crippen molar-refractivity contribution in [3.63, 3.8) is 0 Å². The first kappa shape index (κ1) is 11.7. The average molecular weight is 217 g/mol. The van der Waals surface area contributed by atoms with Gasteiger partial charge in [0.1, 0.15) is 0 Å². The first-order valence-corrected chi connectivity index (χ1v) is 6.31. The van der Waals surface area contributed by atoms with Gasteiger partial charge in [-0.3, -0.25) is 0 Å². The van der Waals surface area contributed by atoms with Crippen molar-refractivity contribution >= 4 is 0 Å². The second-order valence-corrected chi connectivity index (χ2v) is 5.68. The van der Waals surface area contributed by atoms with Gasteiger partial charge in [-0.2, -0.15) is 0 Å². The van der Waals surface area contributed by atoms with E-state index in [2.05, 4.69) is 45.9 Å². The van der Waals surface area contributed by atoms with Crippen LogP contribution in [0, 0.1) is 19.3 Å². The number of rotatable bonds is 2. The normalized spacial score (nSPS) is 33.6. The highest BCUT2D eigenvalue weighted by Gasteiger charge is 2.48. The van der Waals surface area contributed by atoms with Crippen LogP contribution < -0.4 is 5.73 Å². The third-order valence-corrected chi connectivity index (χ3v) is 4.54. The second kappa shape index (κ2) is 3.89. The van der Waals surface area contributed by atoms with E-state index in [4.69, 9.17) is 5.73 Å². The van der Waals surface area contributed by atoms with Gasteiger partial charge in [0.25, 0.3) is 0 Å². The summed E-state index contributed by atoms with van der Waals surface area (Å²) in [5, 5.41) is 0. The van der Waals surface area contributed by atoms with Gasteiger partial charge in [0.05, 0.1) is 0 Å². The fraction of sp³-hybridized carbons (Fsp3) is 0.600. The minimum Gasteiger partial charge on any atom is -0.327 e. The molecule has 1 fully saturated rings. The van der Waals surface area contributed by atoms with Crippen molar-refractivity contribution in [3.8, 4) is 0 Å². The summed E-state index contributed by atoms with van der Waals surface area (Å²) in [6.07, 6.45) is 2.32. The Bertz CT molecular complexity index is 376. The Morgan fingerprint density at radius 2 is 1.81 bits per heavy atom. The van der Waals surface area contributed by atoms with Crippen molar-refractivity contribution in [1.82, 2.24) is 0 Å². The molecule has 3 unspecified atom stereocenters. The molecule has 2 N–H and O–H groups in total. The minimum absolute atomic E-state index is 0.306. The molecule has 1 aromatic rings. The fourth-order valence-electron chi connectivity index (χ4n) is 3.13. The number of benzene rings is 1. The lowest BCUT2D eigenvalue weighted by Crippen LogP contribution is -2.54. The van der Waals surface area contributed by atoms with Crippen LogP contribution in [0.5, 0.6) is 0 Å². The molecule has 0 aliphatic heterocycles. The standard InChI is InChI=1S/C15H23N/c1-5-15(4)13(9-14(15)16)12-7-10(2)6-11(3)8-12/h6-8,13-14H,5,9,16H2,1-4H3. The van der Waals surface area contributed by atoms with Gasteiger partial charge in [0.2, 0.25) is 0 Å². The summed E-state index contributed by atoms with van der Waals surface area (Å²) >= 11 is 0. The maximum absolute atomic E-state index is 6.17. The van der Waals surface area contributed by atoms with Crippen LogP contribution in [0.2, 0.25) is 0 Å². The van der Waals surface area contributed by atoms with Gasteiger partial charge in [-0.1, -0.05) is 43.2 Å². The summed E-state index contributed by atoms with van der Waals surface area (Å²) in [5.74, 6) is 0.658. The van der Waals surface area contributed by atoms with Crippen LogP contribution in [0.25, 0.3) is 0 Å². The van der Waals surface area contributed by atoms with E-state index in [0.717, 1.165) is 6.42 Å². The summed E-state index contributed by atoms with van der Waals surface area (Å²) in [6.45, 7) is 8.95. The Labute approximate surface area is 99.0 Å². The molecule has 0 radical (unpaired) electrons. The predicted molar refractivity (Wildman–Crippen MR) is 69.6 cm³/mol. The third-order valence-electron chi connectivity index (χ3n) is 4.54. The molecule has 88 valence electrons. The Kier molecular flexibility index (Phi) is 2.83. The van der Waals surface area contributed by atoms with Gasteiger partial charge >= 0.3 is 0 Å². The van der Waals surface area contributed by atoms with E-state index in [0.29, 0.717) is 17.4 Å². The topological polar surface area (TPSA) is 26.0 Å². The molecule has 0 spiro atoms. The molecule has 0 amide bonds. The highest BCUT2D eigenvalue weighted by Crippen LogP contribution is 2.54. The van der Waals surface area contributed by atoms with Crippen LogP contribution in [0.1, 0.15) is 49.3 Å². The van der Waals surface area contributed by atoms with Gasteiger partial charge < -0.3 is 5.73 Å². The monoisotopic (exact) mass is 217 g/mol. The zero-order chi connectivity index (χ0) is 11.9. The molecule has 1 aromatic carbocycles. The Morgan fingerprint density at radius 3 is 2.25 bits per heavy atom. The molecule has 2 rings (SSSR count). The van der Waals surface area contributed by atoms with Crippen LogP contribution in [0.15, 0.2) is 18.2 Å².